The molecule has 0 heterocycles. The molecule has 0 aliphatic carbocycles. The second-order valence-corrected chi connectivity index (χ2v) is 9.13. The highest BCUT2D eigenvalue weighted by atomic mass is 16.6. The van der Waals surface area contributed by atoms with Crippen molar-refractivity contribution in [1.82, 2.24) is 0 Å². The fourth-order valence-corrected chi connectivity index (χ4v) is 2.02. The van der Waals surface area contributed by atoms with E-state index in [1.807, 2.05) is 0 Å². The average Bonchev–Trinajstić information content (AvgIpc) is 2.55. The van der Waals surface area contributed by atoms with Crippen LogP contribution in [-0.4, -0.2) is 36.0 Å². The predicted octanol–water partition coefficient (Wildman–Crippen LogP) is 2.21. The zero-order valence-electron chi connectivity index (χ0n) is 18.1. The summed E-state index contributed by atoms with van der Waals surface area (Å²) in [7, 11) is 0. The van der Waals surface area contributed by atoms with E-state index in [1.165, 1.54) is 0 Å². The van der Waals surface area contributed by atoms with E-state index in [0.29, 0.717) is 19.4 Å². The highest BCUT2D eigenvalue weighted by molar-refractivity contribution is 6.10. The third kappa shape index (κ3) is 8.48. The average molecular weight is 401 g/mol. The SMILES string of the molecule is CC(C)(C)C(=O)OC(=O)C(N)(CCCCCCCN)C(=O)OC(=O)C(C)(C)C. The summed E-state index contributed by atoms with van der Waals surface area (Å²) in [6.45, 7) is 10.0. The van der Waals surface area contributed by atoms with Crippen LogP contribution in [0.5, 0.6) is 0 Å². The van der Waals surface area contributed by atoms with Crippen molar-refractivity contribution in [3.05, 3.63) is 0 Å². The van der Waals surface area contributed by atoms with Crippen molar-refractivity contribution in [2.75, 3.05) is 6.54 Å². The van der Waals surface area contributed by atoms with E-state index in [4.69, 9.17) is 20.9 Å². The summed E-state index contributed by atoms with van der Waals surface area (Å²) >= 11 is 0. The van der Waals surface area contributed by atoms with Crippen LogP contribution in [0.2, 0.25) is 0 Å². The molecule has 0 unspecified atom stereocenters. The minimum absolute atomic E-state index is 0.0951. The van der Waals surface area contributed by atoms with Gasteiger partial charge in [0.2, 0.25) is 5.54 Å². The molecule has 0 spiro atoms. The molecule has 0 aromatic rings. The molecule has 0 saturated heterocycles. The van der Waals surface area contributed by atoms with Gasteiger partial charge in [0, 0.05) is 0 Å². The number of esters is 4. The van der Waals surface area contributed by atoms with Gasteiger partial charge in [-0.05, 0) is 60.9 Å². The normalized spacial score (nSPS) is 12.4. The standard InChI is InChI=1S/C20H36N2O6/c1-18(2,3)14(23)27-16(25)20(22,12-10-8-7-9-11-13-21)17(26)28-15(24)19(4,5)6/h7-13,21-22H2,1-6H3. The lowest BCUT2D eigenvalue weighted by atomic mass is 9.91. The monoisotopic (exact) mass is 400 g/mol. The molecule has 28 heavy (non-hydrogen) atoms. The molecule has 0 fully saturated rings. The maximum Gasteiger partial charge on any atom is 0.345 e. The van der Waals surface area contributed by atoms with Gasteiger partial charge in [-0.25, -0.2) is 9.59 Å². The molecule has 0 aliphatic rings. The van der Waals surface area contributed by atoms with Crippen LogP contribution < -0.4 is 11.5 Å². The first-order valence-electron chi connectivity index (χ1n) is 9.68. The Hall–Kier alpha value is -1.80. The third-order valence-electron chi connectivity index (χ3n) is 4.10. The van der Waals surface area contributed by atoms with Crippen molar-refractivity contribution >= 4 is 23.9 Å². The molecule has 0 bridgehead atoms. The van der Waals surface area contributed by atoms with Crippen molar-refractivity contribution in [2.24, 2.45) is 22.3 Å². The Kier molecular flexibility index (Phi) is 9.98. The lowest BCUT2D eigenvalue weighted by Gasteiger charge is -2.27. The Morgan fingerprint density at radius 1 is 0.643 bits per heavy atom. The molecule has 0 atom stereocenters. The van der Waals surface area contributed by atoms with Gasteiger partial charge in [0.1, 0.15) is 0 Å². The summed E-state index contributed by atoms with van der Waals surface area (Å²) in [6, 6.07) is 0. The largest absolute Gasteiger partial charge is 0.391 e. The first kappa shape index (κ1) is 26.2. The molecule has 0 radical (unpaired) electrons. The second kappa shape index (κ2) is 10.7. The Balaban J connectivity index is 5.28. The van der Waals surface area contributed by atoms with Gasteiger partial charge in [0.15, 0.2) is 0 Å². The summed E-state index contributed by atoms with van der Waals surface area (Å²) in [5.41, 5.74) is 7.35. The highest BCUT2D eigenvalue weighted by Gasteiger charge is 2.48. The summed E-state index contributed by atoms with van der Waals surface area (Å²) in [4.78, 5) is 49.2. The minimum atomic E-state index is -2.23. The minimum Gasteiger partial charge on any atom is -0.391 e. The van der Waals surface area contributed by atoms with Crippen molar-refractivity contribution in [1.29, 1.82) is 0 Å². The van der Waals surface area contributed by atoms with Crippen LogP contribution in [0.3, 0.4) is 0 Å². The van der Waals surface area contributed by atoms with E-state index in [0.717, 1.165) is 19.3 Å². The molecule has 0 rings (SSSR count). The Morgan fingerprint density at radius 2 is 1.00 bits per heavy atom. The smallest absolute Gasteiger partial charge is 0.345 e. The molecule has 0 amide bonds. The van der Waals surface area contributed by atoms with Crippen LogP contribution in [-0.2, 0) is 28.7 Å². The second-order valence-electron chi connectivity index (χ2n) is 9.13. The number of hydrogen-bond donors (Lipinski definition) is 2. The van der Waals surface area contributed by atoms with Gasteiger partial charge >= 0.3 is 23.9 Å². The van der Waals surface area contributed by atoms with Crippen LogP contribution in [0.4, 0.5) is 0 Å². The van der Waals surface area contributed by atoms with Crippen molar-refractivity contribution in [2.45, 2.75) is 85.6 Å². The highest BCUT2D eigenvalue weighted by Crippen LogP contribution is 2.23. The number of hydrogen-bond acceptors (Lipinski definition) is 8. The van der Waals surface area contributed by atoms with Gasteiger partial charge in [-0.1, -0.05) is 25.7 Å². The summed E-state index contributed by atoms with van der Waals surface area (Å²) in [6.07, 6.45) is 3.71. The maximum absolute atomic E-state index is 12.6. The molecule has 0 saturated carbocycles. The van der Waals surface area contributed by atoms with Gasteiger partial charge in [0.25, 0.3) is 0 Å². The molecule has 0 aromatic carbocycles. The van der Waals surface area contributed by atoms with Crippen LogP contribution in [0.25, 0.3) is 0 Å². The molecular formula is C20H36N2O6. The molecular weight excluding hydrogens is 364 g/mol. The van der Waals surface area contributed by atoms with Gasteiger partial charge in [-0.15, -0.1) is 0 Å². The Bertz CT molecular complexity index is 532. The zero-order valence-corrected chi connectivity index (χ0v) is 18.1. The van der Waals surface area contributed by atoms with Crippen LogP contribution in [0, 0.1) is 10.8 Å². The first-order valence-corrected chi connectivity index (χ1v) is 9.68. The molecule has 8 nitrogen and oxygen atoms in total. The topological polar surface area (TPSA) is 139 Å². The summed E-state index contributed by atoms with van der Waals surface area (Å²) < 4.78 is 9.66. The van der Waals surface area contributed by atoms with Crippen LogP contribution in [0.1, 0.15) is 80.1 Å². The van der Waals surface area contributed by atoms with E-state index < -0.39 is 40.2 Å². The quantitative estimate of drug-likeness (QED) is 0.341. The zero-order chi connectivity index (χ0) is 22.2. The molecule has 4 N–H and O–H groups in total. The van der Waals surface area contributed by atoms with Crippen molar-refractivity contribution in [3.8, 4) is 0 Å². The number of carbonyl (C=O) groups is 4. The fraction of sp³-hybridized carbons (Fsp3) is 0.800. The fourth-order valence-electron chi connectivity index (χ4n) is 2.02. The molecule has 8 heteroatoms. The third-order valence-corrected chi connectivity index (χ3v) is 4.10. The van der Waals surface area contributed by atoms with Gasteiger partial charge in [-0.3, -0.25) is 9.59 Å². The summed E-state index contributed by atoms with van der Waals surface area (Å²) in [5, 5.41) is 0. The lowest BCUT2D eigenvalue weighted by Crippen LogP contribution is -2.58. The molecule has 0 aromatic heterocycles. The molecule has 162 valence electrons. The van der Waals surface area contributed by atoms with Gasteiger partial charge in [-0.2, -0.15) is 0 Å². The van der Waals surface area contributed by atoms with Crippen molar-refractivity contribution in [3.63, 3.8) is 0 Å². The number of carbonyl (C=O) groups excluding carboxylic acids is 4. The Labute approximate surface area is 167 Å². The van der Waals surface area contributed by atoms with Crippen LogP contribution in [0.15, 0.2) is 0 Å². The number of nitrogens with two attached hydrogens (primary N) is 2. The van der Waals surface area contributed by atoms with Gasteiger partial charge in [0.05, 0.1) is 10.8 Å². The lowest BCUT2D eigenvalue weighted by molar-refractivity contribution is -0.178. The van der Waals surface area contributed by atoms with E-state index in [1.54, 1.807) is 41.5 Å². The van der Waals surface area contributed by atoms with Gasteiger partial charge < -0.3 is 20.9 Å². The number of ether oxygens (including phenoxy) is 2. The maximum atomic E-state index is 12.6. The predicted molar refractivity (Wildman–Crippen MR) is 105 cm³/mol. The van der Waals surface area contributed by atoms with E-state index >= 15 is 0 Å². The van der Waals surface area contributed by atoms with E-state index in [2.05, 4.69) is 0 Å². The first-order chi connectivity index (χ1) is 12.7. The number of rotatable bonds is 9. The van der Waals surface area contributed by atoms with E-state index in [-0.39, 0.29) is 6.42 Å². The Morgan fingerprint density at radius 3 is 1.36 bits per heavy atom. The van der Waals surface area contributed by atoms with E-state index in [9.17, 15) is 19.2 Å². The summed E-state index contributed by atoms with van der Waals surface area (Å²) in [5.74, 6) is -4.04. The number of unbranched alkanes of at least 4 members (excludes halogenated alkanes) is 4. The van der Waals surface area contributed by atoms with Crippen molar-refractivity contribution < 1.29 is 28.7 Å². The molecule has 0 aliphatic heterocycles. The van der Waals surface area contributed by atoms with Crippen LogP contribution >= 0.6 is 0 Å².